The van der Waals surface area contributed by atoms with Crippen molar-refractivity contribution in [3.8, 4) is 11.5 Å². The number of hydrogen-bond acceptors (Lipinski definition) is 5. The Bertz CT molecular complexity index is 1310. The van der Waals surface area contributed by atoms with Gasteiger partial charge in [-0.3, -0.25) is 4.79 Å². The van der Waals surface area contributed by atoms with E-state index in [0.29, 0.717) is 59.4 Å². The molecule has 1 saturated carbocycles. The number of halogens is 3. The zero-order valence-electron chi connectivity index (χ0n) is 24.2. The van der Waals surface area contributed by atoms with E-state index in [1.165, 1.54) is 0 Å². The average molecular weight is 634 g/mol. The number of nitrogens with two attached hydrogens (primary N) is 1. The summed E-state index contributed by atoms with van der Waals surface area (Å²) in [5.41, 5.74) is 10.3. The Labute approximate surface area is 264 Å². The molecule has 1 amide bonds. The third-order valence-corrected chi connectivity index (χ3v) is 8.55. The van der Waals surface area contributed by atoms with Gasteiger partial charge in [-0.2, -0.15) is 0 Å². The van der Waals surface area contributed by atoms with Gasteiger partial charge in [0.2, 0.25) is 5.91 Å². The summed E-state index contributed by atoms with van der Waals surface area (Å²) in [6.45, 7) is 3.93. The van der Waals surface area contributed by atoms with E-state index in [0.717, 1.165) is 47.9 Å². The largest absolute Gasteiger partial charge is 0.490 e. The Morgan fingerprint density at radius 3 is 2.21 bits per heavy atom. The molecule has 9 heteroatoms. The highest BCUT2D eigenvalue weighted by molar-refractivity contribution is 6.37. The molecule has 0 radical (unpaired) electrons. The van der Waals surface area contributed by atoms with E-state index in [4.69, 9.17) is 54.7 Å². The number of benzene rings is 3. The third-order valence-electron chi connectivity index (χ3n) is 7.62. The van der Waals surface area contributed by atoms with Crippen molar-refractivity contribution >= 4 is 40.7 Å². The van der Waals surface area contributed by atoms with E-state index < -0.39 is 0 Å². The Balaban J connectivity index is 1.34. The summed E-state index contributed by atoms with van der Waals surface area (Å²) in [6, 6.07) is 17.6. The van der Waals surface area contributed by atoms with Crippen LogP contribution < -0.4 is 15.2 Å². The smallest absolute Gasteiger partial charge is 0.227 e. The number of carbonyl (C=O) groups is 1. The summed E-state index contributed by atoms with van der Waals surface area (Å²) in [5.74, 6) is 0.909. The molecule has 1 fully saturated rings. The lowest BCUT2D eigenvalue weighted by atomic mass is 9.88. The van der Waals surface area contributed by atoms with Crippen LogP contribution in [-0.2, 0) is 28.9 Å². The molecule has 3 aromatic carbocycles. The quantitative estimate of drug-likeness (QED) is 0.178. The molecule has 0 bridgehead atoms. The third kappa shape index (κ3) is 8.77. The maximum Gasteiger partial charge on any atom is 0.227 e. The first-order valence-electron chi connectivity index (χ1n) is 14.4. The Morgan fingerprint density at radius 2 is 1.60 bits per heavy atom. The number of carbonyl (C=O) groups excluding carboxylic acids is 1. The Hall–Kier alpha value is -2.48. The van der Waals surface area contributed by atoms with Gasteiger partial charge in [-0.25, -0.2) is 0 Å². The summed E-state index contributed by atoms with van der Waals surface area (Å²) in [7, 11) is 1.69. The van der Waals surface area contributed by atoms with E-state index in [2.05, 4.69) is 6.07 Å². The van der Waals surface area contributed by atoms with Crippen molar-refractivity contribution in [1.29, 1.82) is 0 Å². The topological polar surface area (TPSA) is 74.0 Å². The molecule has 2 N–H and O–H groups in total. The highest BCUT2D eigenvalue weighted by atomic mass is 35.5. The van der Waals surface area contributed by atoms with Gasteiger partial charge in [-0.15, -0.1) is 0 Å². The van der Waals surface area contributed by atoms with Gasteiger partial charge < -0.3 is 24.8 Å². The molecule has 0 heterocycles. The summed E-state index contributed by atoms with van der Waals surface area (Å²) < 4.78 is 16.8. The fourth-order valence-corrected chi connectivity index (χ4v) is 5.92. The van der Waals surface area contributed by atoms with Crippen molar-refractivity contribution in [2.75, 3.05) is 33.5 Å². The van der Waals surface area contributed by atoms with Gasteiger partial charge in [-0.1, -0.05) is 59.1 Å². The van der Waals surface area contributed by atoms with Crippen LogP contribution in [0.5, 0.6) is 11.5 Å². The summed E-state index contributed by atoms with van der Waals surface area (Å²) >= 11 is 19.1. The molecule has 0 aromatic heterocycles. The van der Waals surface area contributed by atoms with E-state index in [-0.39, 0.29) is 24.4 Å². The molecular weight excluding hydrogens is 595 g/mol. The molecule has 4 rings (SSSR count). The van der Waals surface area contributed by atoms with Gasteiger partial charge in [0.05, 0.1) is 22.6 Å². The van der Waals surface area contributed by atoms with Gasteiger partial charge in [-0.05, 0) is 91.6 Å². The highest BCUT2D eigenvalue weighted by Gasteiger charge is 2.33. The first kappa shape index (κ1) is 32.4. The molecule has 0 spiro atoms. The van der Waals surface area contributed by atoms with Crippen LogP contribution in [0.15, 0.2) is 54.6 Å². The SMILES string of the molecule is COCCc1ccc(Cl)c(CN(C(=O)C(CN)Cc2ccc(OCCOc3c(Cl)cc(C)cc3Cl)cc2)C2CCC2)c1. The van der Waals surface area contributed by atoms with Gasteiger partial charge in [0, 0.05) is 31.3 Å². The van der Waals surface area contributed by atoms with Gasteiger partial charge >= 0.3 is 0 Å². The van der Waals surface area contributed by atoms with Crippen molar-refractivity contribution < 1.29 is 19.0 Å². The normalized spacial score (nSPS) is 13.9. The van der Waals surface area contributed by atoms with Crippen LogP contribution >= 0.6 is 34.8 Å². The summed E-state index contributed by atoms with van der Waals surface area (Å²) in [6.07, 6.45) is 4.48. The minimum Gasteiger partial charge on any atom is -0.490 e. The zero-order valence-corrected chi connectivity index (χ0v) is 26.5. The number of nitrogens with zero attached hydrogens (tertiary/aromatic N) is 1. The van der Waals surface area contributed by atoms with Crippen molar-refractivity contribution in [1.82, 2.24) is 4.90 Å². The maximum atomic E-state index is 13.8. The molecular formula is C33H39Cl3N2O4. The van der Waals surface area contributed by atoms with Crippen molar-refractivity contribution in [2.45, 2.75) is 51.6 Å². The summed E-state index contributed by atoms with van der Waals surface area (Å²) in [5, 5.41) is 1.62. The Morgan fingerprint density at radius 1 is 0.929 bits per heavy atom. The van der Waals surface area contributed by atoms with Gasteiger partial charge in [0.15, 0.2) is 5.75 Å². The molecule has 226 valence electrons. The minimum atomic E-state index is -0.328. The lowest BCUT2D eigenvalue weighted by molar-refractivity contribution is -0.140. The lowest BCUT2D eigenvalue weighted by Gasteiger charge is -2.39. The van der Waals surface area contributed by atoms with Crippen LogP contribution in [-0.4, -0.2) is 50.3 Å². The lowest BCUT2D eigenvalue weighted by Crippen LogP contribution is -2.48. The second-order valence-electron chi connectivity index (χ2n) is 10.8. The fourth-order valence-electron chi connectivity index (χ4n) is 5.03. The van der Waals surface area contributed by atoms with E-state index in [1.807, 2.05) is 60.4 Å². The van der Waals surface area contributed by atoms with Crippen LogP contribution in [0.3, 0.4) is 0 Å². The molecule has 1 unspecified atom stereocenters. The van der Waals surface area contributed by atoms with Crippen LogP contribution in [0.1, 0.15) is 41.5 Å². The molecule has 6 nitrogen and oxygen atoms in total. The molecule has 42 heavy (non-hydrogen) atoms. The van der Waals surface area contributed by atoms with E-state index in [9.17, 15) is 4.79 Å². The van der Waals surface area contributed by atoms with E-state index in [1.54, 1.807) is 7.11 Å². The Kier molecular flexibility index (Phi) is 12.2. The number of methoxy groups -OCH3 is 1. The molecule has 0 saturated heterocycles. The first-order chi connectivity index (χ1) is 20.3. The highest BCUT2D eigenvalue weighted by Crippen LogP contribution is 2.34. The predicted octanol–water partition coefficient (Wildman–Crippen LogP) is 7.30. The average Bonchev–Trinajstić information content (AvgIpc) is 2.94. The minimum absolute atomic E-state index is 0.0754. The number of hydrogen-bond donors (Lipinski definition) is 1. The molecule has 1 atom stereocenters. The van der Waals surface area contributed by atoms with Gasteiger partial charge in [0.25, 0.3) is 0 Å². The molecule has 3 aromatic rings. The molecule has 1 aliphatic carbocycles. The number of rotatable bonds is 15. The van der Waals surface area contributed by atoms with Crippen molar-refractivity contribution in [2.24, 2.45) is 11.7 Å². The van der Waals surface area contributed by atoms with Gasteiger partial charge in [0.1, 0.15) is 19.0 Å². The predicted molar refractivity (Wildman–Crippen MR) is 170 cm³/mol. The molecule has 1 aliphatic rings. The second kappa shape index (κ2) is 15.8. The van der Waals surface area contributed by atoms with Crippen LogP contribution in [0.4, 0.5) is 0 Å². The standard InChI is InChI=1S/C33H39Cl3N2O4/c1-22-16-30(35)32(31(36)17-22)42-15-14-41-28-9-6-23(7-10-28)18-25(20-37)33(39)38(27-4-3-5-27)21-26-19-24(12-13-40-2)8-11-29(26)34/h6-11,16-17,19,25,27H,3-5,12-15,18,20-21,37H2,1-2H3. The second-order valence-corrected chi connectivity index (χ2v) is 12.0. The first-order valence-corrected chi connectivity index (χ1v) is 15.5. The monoisotopic (exact) mass is 632 g/mol. The van der Waals surface area contributed by atoms with Crippen LogP contribution in [0.25, 0.3) is 0 Å². The van der Waals surface area contributed by atoms with Crippen LogP contribution in [0.2, 0.25) is 15.1 Å². The van der Waals surface area contributed by atoms with Crippen molar-refractivity contribution in [3.05, 3.63) is 91.9 Å². The summed E-state index contributed by atoms with van der Waals surface area (Å²) in [4.78, 5) is 15.8. The fraction of sp³-hybridized carbons (Fsp3) is 0.424. The number of aryl methyl sites for hydroxylation is 1. The van der Waals surface area contributed by atoms with Crippen molar-refractivity contribution in [3.63, 3.8) is 0 Å². The molecule has 0 aliphatic heterocycles. The van der Waals surface area contributed by atoms with Crippen LogP contribution in [0, 0.1) is 12.8 Å². The number of ether oxygens (including phenoxy) is 3. The zero-order chi connectivity index (χ0) is 30.1. The maximum absolute atomic E-state index is 13.8. The van der Waals surface area contributed by atoms with E-state index >= 15 is 0 Å². The number of amides is 1.